The van der Waals surface area contributed by atoms with Crippen LogP contribution in [0.5, 0.6) is 5.75 Å². The molecule has 0 spiro atoms. The summed E-state index contributed by atoms with van der Waals surface area (Å²) in [6.07, 6.45) is 1.87. The molecule has 1 fully saturated rings. The van der Waals surface area contributed by atoms with Gasteiger partial charge in [0.05, 0.1) is 11.2 Å². The highest BCUT2D eigenvalue weighted by Crippen LogP contribution is 2.43. The van der Waals surface area contributed by atoms with Crippen LogP contribution in [0.25, 0.3) is 0 Å². The van der Waals surface area contributed by atoms with E-state index >= 15 is 0 Å². The zero-order chi connectivity index (χ0) is 23.8. The van der Waals surface area contributed by atoms with Crippen molar-refractivity contribution < 1.29 is 14.3 Å². The third-order valence-electron chi connectivity index (χ3n) is 5.09. The van der Waals surface area contributed by atoms with Crippen LogP contribution in [-0.4, -0.2) is 53.8 Å². The van der Waals surface area contributed by atoms with Gasteiger partial charge in [0.15, 0.2) is 12.3 Å². The van der Waals surface area contributed by atoms with Crippen LogP contribution in [0.4, 0.5) is 11.5 Å². The standard InChI is InChI=1S/C22H30N4O5S2/c1-3-9-26-19(23)18(20(28)24-22(26)29)25(10-11-30-2)17(27)14-31-16-7-5-15(6-8-16)21-32-12-4-13-33-21/h5-8,21H,3-4,9-14,23H2,1-2H3,(H,24,28,29). The number of methoxy groups -OCH3 is 1. The summed E-state index contributed by atoms with van der Waals surface area (Å²) in [5, 5.41) is 0. The Morgan fingerprint density at radius 3 is 2.58 bits per heavy atom. The molecule has 0 radical (unpaired) electrons. The number of H-pyrrole nitrogens is 1. The molecule has 1 aromatic carbocycles. The number of aromatic amines is 1. The van der Waals surface area contributed by atoms with Gasteiger partial charge in [-0.15, -0.1) is 23.5 Å². The first-order valence-corrected chi connectivity index (χ1v) is 12.9. The zero-order valence-corrected chi connectivity index (χ0v) is 20.5. The number of carbonyl (C=O) groups excluding carboxylic acids is 1. The molecule has 11 heteroatoms. The van der Waals surface area contributed by atoms with Crippen LogP contribution >= 0.6 is 23.5 Å². The van der Waals surface area contributed by atoms with E-state index in [1.54, 1.807) is 0 Å². The number of amides is 1. The molecule has 1 aliphatic rings. The van der Waals surface area contributed by atoms with E-state index < -0.39 is 17.2 Å². The minimum Gasteiger partial charge on any atom is -0.484 e. The number of thioether (sulfide) groups is 2. The lowest BCUT2D eigenvalue weighted by Crippen LogP contribution is -2.44. The van der Waals surface area contributed by atoms with E-state index in [-0.39, 0.29) is 31.3 Å². The van der Waals surface area contributed by atoms with Gasteiger partial charge in [-0.1, -0.05) is 19.1 Å². The molecule has 1 aliphatic heterocycles. The van der Waals surface area contributed by atoms with Gasteiger partial charge in [-0.25, -0.2) is 4.79 Å². The highest BCUT2D eigenvalue weighted by atomic mass is 32.2. The summed E-state index contributed by atoms with van der Waals surface area (Å²) in [5.74, 6) is 2.36. The maximum absolute atomic E-state index is 13.0. The van der Waals surface area contributed by atoms with Crippen molar-refractivity contribution in [1.29, 1.82) is 0 Å². The van der Waals surface area contributed by atoms with Gasteiger partial charge in [0.1, 0.15) is 11.6 Å². The van der Waals surface area contributed by atoms with Crippen LogP contribution in [0, 0.1) is 0 Å². The Bertz CT molecular complexity index is 1050. The van der Waals surface area contributed by atoms with Crippen LogP contribution in [0.1, 0.15) is 29.9 Å². The smallest absolute Gasteiger partial charge is 0.330 e. The monoisotopic (exact) mass is 494 g/mol. The Morgan fingerprint density at radius 1 is 1.24 bits per heavy atom. The molecule has 1 aromatic heterocycles. The number of hydrogen-bond donors (Lipinski definition) is 2. The molecule has 0 aliphatic carbocycles. The predicted molar refractivity (Wildman–Crippen MR) is 134 cm³/mol. The van der Waals surface area contributed by atoms with Gasteiger partial charge in [0, 0.05) is 20.2 Å². The van der Waals surface area contributed by atoms with Crippen molar-refractivity contribution in [3.63, 3.8) is 0 Å². The third kappa shape index (κ3) is 6.36. The SMILES string of the molecule is CCCn1c(N)c(N(CCOC)C(=O)COc2ccc(C3SCCCS3)cc2)c(=O)[nH]c1=O. The molecular weight excluding hydrogens is 464 g/mol. The summed E-state index contributed by atoms with van der Waals surface area (Å²) in [5.41, 5.74) is 5.97. The number of benzene rings is 1. The summed E-state index contributed by atoms with van der Waals surface area (Å²) in [6.45, 7) is 2.19. The summed E-state index contributed by atoms with van der Waals surface area (Å²) in [4.78, 5) is 41.2. The van der Waals surface area contributed by atoms with E-state index in [2.05, 4.69) is 4.98 Å². The van der Waals surface area contributed by atoms with Crippen molar-refractivity contribution in [3.05, 3.63) is 50.7 Å². The fourth-order valence-corrected chi connectivity index (χ4v) is 6.35. The van der Waals surface area contributed by atoms with Crippen molar-refractivity contribution in [1.82, 2.24) is 9.55 Å². The van der Waals surface area contributed by atoms with E-state index in [1.807, 2.05) is 54.7 Å². The number of nitrogens with two attached hydrogens (primary N) is 1. The van der Waals surface area contributed by atoms with Gasteiger partial charge in [-0.05, 0) is 42.0 Å². The minimum atomic E-state index is -0.721. The lowest BCUT2D eigenvalue weighted by molar-refractivity contribution is -0.120. The topological polar surface area (TPSA) is 120 Å². The number of nitrogen functional groups attached to an aromatic ring is 1. The highest BCUT2D eigenvalue weighted by molar-refractivity contribution is 8.16. The maximum Gasteiger partial charge on any atom is 0.330 e. The van der Waals surface area contributed by atoms with Gasteiger partial charge in [-0.2, -0.15) is 0 Å². The van der Waals surface area contributed by atoms with Crippen LogP contribution in [0.2, 0.25) is 0 Å². The lowest BCUT2D eigenvalue weighted by atomic mass is 10.2. The quantitative estimate of drug-likeness (QED) is 0.517. The fourth-order valence-electron chi connectivity index (χ4n) is 3.45. The van der Waals surface area contributed by atoms with Crippen molar-refractivity contribution in [3.8, 4) is 5.75 Å². The first kappa shape index (κ1) is 25.3. The number of anilines is 2. The largest absolute Gasteiger partial charge is 0.484 e. The van der Waals surface area contributed by atoms with Gasteiger partial charge in [0.2, 0.25) is 0 Å². The Labute approximate surface area is 201 Å². The second-order valence-corrected chi connectivity index (χ2v) is 10.2. The average Bonchev–Trinajstić information content (AvgIpc) is 2.83. The van der Waals surface area contributed by atoms with Crippen molar-refractivity contribution >= 4 is 40.9 Å². The molecule has 180 valence electrons. The fraction of sp³-hybridized carbons (Fsp3) is 0.500. The number of aromatic nitrogens is 2. The molecule has 33 heavy (non-hydrogen) atoms. The van der Waals surface area contributed by atoms with Gasteiger partial charge in [-0.3, -0.25) is 24.0 Å². The molecule has 2 aromatic rings. The van der Waals surface area contributed by atoms with Crippen LogP contribution < -0.4 is 26.6 Å². The van der Waals surface area contributed by atoms with E-state index in [0.29, 0.717) is 23.3 Å². The molecule has 2 heterocycles. The molecule has 0 saturated carbocycles. The Kier molecular flexibility index (Phi) is 9.33. The number of hydrogen-bond acceptors (Lipinski definition) is 8. The summed E-state index contributed by atoms with van der Waals surface area (Å²) < 4.78 is 12.5. The number of rotatable bonds is 10. The van der Waals surface area contributed by atoms with E-state index in [4.69, 9.17) is 15.2 Å². The molecule has 0 atom stereocenters. The highest BCUT2D eigenvalue weighted by Gasteiger charge is 2.24. The third-order valence-corrected chi connectivity index (χ3v) is 8.11. The Hall–Kier alpha value is -2.37. The van der Waals surface area contributed by atoms with E-state index in [0.717, 1.165) is 11.5 Å². The molecule has 0 unspecified atom stereocenters. The second-order valence-electron chi connectivity index (χ2n) is 7.47. The van der Waals surface area contributed by atoms with Gasteiger partial charge < -0.3 is 15.2 Å². The first-order valence-electron chi connectivity index (χ1n) is 10.8. The average molecular weight is 495 g/mol. The van der Waals surface area contributed by atoms with Gasteiger partial charge in [0.25, 0.3) is 11.5 Å². The lowest BCUT2D eigenvalue weighted by Gasteiger charge is -2.24. The predicted octanol–water partition coefficient (Wildman–Crippen LogP) is 2.46. The summed E-state index contributed by atoms with van der Waals surface area (Å²) in [6, 6.07) is 7.73. The second kappa shape index (κ2) is 12.2. The van der Waals surface area contributed by atoms with E-state index in [9.17, 15) is 14.4 Å². The Balaban J connectivity index is 1.76. The number of nitrogens with one attached hydrogen (secondary N) is 1. The summed E-state index contributed by atoms with van der Waals surface area (Å²) in [7, 11) is 1.50. The maximum atomic E-state index is 13.0. The summed E-state index contributed by atoms with van der Waals surface area (Å²) >= 11 is 3.88. The molecule has 1 saturated heterocycles. The molecular formula is C22H30N4O5S2. The Morgan fingerprint density at radius 2 is 1.94 bits per heavy atom. The van der Waals surface area contributed by atoms with Crippen LogP contribution in [0.15, 0.2) is 33.9 Å². The van der Waals surface area contributed by atoms with Gasteiger partial charge >= 0.3 is 5.69 Å². The number of nitrogens with zero attached hydrogens (tertiary/aromatic N) is 2. The molecule has 9 nitrogen and oxygen atoms in total. The zero-order valence-electron chi connectivity index (χ0n) is 18.9. The number of ether oxygens (including phenoxy) is 2. The molecule has 1 amide bonds. The first-order chi connectivity index (χ1) is 16.0. The van der Waals surface area contributed by atoms with Crippen molar-refractivity contribution in [2.45, 2.75) is 30.9 Å². The molecule has 0 bridgehead atoms. The van der Waals surface area contributed by atoms with Crippen LogP contribution in [0.3, 0.4) is 0 Å². The van der Waals surface area contributed by atoms with Crippen molar-refractivity contribution in [2.24, 2.45) is 0 Å². The minimum absolute atomic E-state index is 0.0538. The molecule has 3 N–H and O–H groups in total. The normalized spacial score (nSPS) is 14.2. The van der Waals surface area contributed by atoms with Crippen LogP contribution in [-0.2, 0) is 16.1 Å². The number of carbonyl (C=O) groups is 1. The van der Waals surface area contributed by atoms with E-state index in [1.165, 1.54) is 28.6 Å². The molecule has 3 rings (SSSR count). The van der Waals surface area contributed by atoms with Crippen molar-refractivity contribution in [2.75, 3.05) is 49.0 Å².